The Labute approximate surface area is 170 Å². The Hall–Kier alpha value is -3.21. The van der Waals surface area contributed by atoms with Crippen molar-refractivity contribution in [3.8, 4) is 17.0 Å². The molecule has 1 aromatic carbocycles. The molecule has 29 heavy (non-hydrogen) atoms. The molecule has 1 saturated heterocycles. The topological polar surface area (TPSA) is 55.3 Å². The van der Waals surface area contributed by atoms with E-state index in [-0.39, 0.29) is 18.1 Å². The summed E-state index contributed by atoms with van der Waals surface area (Å²) in [5.74, 6) is 1.21. The third-order valence-electron chi connectivity index (χ3n) is 5.99. The van der Waals surface area contributed by atoms with Gasteiger partial charge in [-0.05, 0) is 60.6 Å². The number of fused-ring (bicyclic) bond motifs is 2. The Bertz CT molecular complexity index is 1020. The second kappa shape index (κ2) is 7.32. The summed E-state index contributed by atoms with van der Waals surface area (Å²) in [6, 6.07) is 15.7. The van der Waals surface area contributed by atoms with Crippen LogP contribution >= 0.6 is 0 Å². The minimum atomic E-state index is 0.000920. The number of piperidine rings is 1. The van der Waals surface area contributed by atoms with Crippen LogP contribution in [0.15, 0.2) is 67.1 Å². The minimum Gasteiger partial charge on any atom is -0.472 e. The van der Waals surface area contributed by atoms with Crippen LogP contribution in [0.3, 0.4) is 0 Å². The number of carbonyl (C=O) groups excluding carboxylic acids is 1. The lowest BCUT2D eigenvalue weighted by atomic mass is 9.98. The fourth-order valence-electron chi connectivity index (χ4n) is 4.61. The molecule has 146 valence electrons. The van der Waals surface area contributed by atoms with Crippen molar-refractivity contribution in [3.05, 3.63) is 78.2 Å². The monoisotopic (exact) mass is 385 g/mol. The van der Waals surface area contributed by atoms with Gasteiger partial charge in [0, 0.05) is 36.8 Å². The molecule has 5 heteroatoms. The van der Waals surface area contributed by atoms with E-state index in [1.807, 2.05) is 66.6 Å². The van der Waals surface area contributed by atoms with Crippen LogP contribution in [0.2, 0.25) is 0 Å². The van der Waals surface area contributed by atoms with Crippen LogP contribution in [0.25, 0.3) is 11.1 Å². The first kappa shape index (κ1) is 17.9. The van der Waals surface area contributed by atoms with Crippen LogP contribution in [0, 0.1) is 12.8 Å². The molecule has 3 aromatic rings. The lowest BCUT2D eigenvalue weighted by Crippen LogP contribution is -2.47. The molecule has 3 heterocycles. The van der Waals surface area contributed by atoms with Gasteiger partial charge in [-0.3, -0.25) is 9.78 Å². The van der Waals surface area contributed by atoms with Crippen molar-refractivity contribution < 1.29 is 9.53 Å². The molecular weight excluding hydrogens is 362 g/mol. The van der Waals surface area contributed by atoms with Gasteiger partial charge in [0.2, 0.25) is 5.88 Å². The number of benzene rings is 1. The van der Waals surface area contributed by atoms with Crippen LogP contribution in [-0.2, 0) is 0 Å². The van der Waals surface area contributed by atoms with Crippen LogP contribution in [-0.4, -0.2) is 39.5 Å². The van der Waals surface area contributed by atoms with Gasteiger partial charge in [-0.1, -0.05) is 24.3 Å². The summed E-state index contributed by atoms with van der Waals surface area (Å²) < 4.78 is 6.18. The standard InChI is InChI=1S/C24H23N3O2/c1-16-6-7-23(26-14-16)29-22-13-17-12-21(22)27(15-17)24(28)20-5-3-2-4-19(20)18-8-10-25-11-9-18/h2-11,14,17,21-22H,12-13,15H2,1H3. The highest BCUT2D eigenvalue weighted by molar-refractivity contribution is 6.01. The fourth-order valence-corrected chi connectivity index (χ4v) is 4.61. The number of likely N-dealkylation sites (tertiary alicyclic amines) is 1. The molecule has 0 N–H and O–H groups in total. The molecule has 0 radical (unpaired) electrons. The number of nitrogens with zero attached hydrogens (tertiary/aromatic N) is 3. The van der Waals surface area contributed by atoms with E-state index in [4.69, 9.17) is 4.74 Å². The van der Waals surface area contributed by atoms with Crippen molar-refractivity contribution in [2.75, 3.05) is 6.54 Å². The molecule has 3 atom stereocenters. The van der Waals surface area contributed by atoms with Gasteiger partial charge in [-0.15, -0.1) is 0 Å². The molecule has 2 bridgehead atoms. The Balaban J connectivity index is 1.39. The van der Waals surface area contributed by atoms with Crippen molar-refractivity contribution in [2.45, 2.75) is 31.9 Å². The van der Waals surface area contributed by atoms with Crippen molar-refractivity contribution in [1.82, 2.24) is 14.9 Å². The lowest BCUT2D eigenvalue weighted by Gasteiger charge is -2.33. The third kappa shape index (κ3) is 3.37. The molecule has 2 aromatic heterocycles. The first-order chi connectivity index (χ1) is 14.2. The van der Waals surface area contributed by atoms with Gasteiger partial charge in [0.25, 0.3) is 5.91 Å². The summed E-state index contributed by atoms with van der Waals surface area (Å²) in [7, 11) is 0. The molecule has 1 aliphatic heterocycles. The average molecular weight is 385 g/mol. The Morgan fingerprint density at radius 2 is 1.90 bits per heavy atom. The molecule has 2 aliphatic rings. The van der Waals surface area contributed by atoms with Gasteiger partial charge in [-0.2, -0.15) is 0 Å². The first-order valence-electron chi connectivity index (χ1n) is 10.1. The van der Waals surface area contributed by atoms with Crippen LogP contribution in [0.5, 0.6) is 5.88 Å². The molecule has 3 unspecified atom stereocenters. The zero-order valence-corrected chi connectivity index (χ0v) is 16.4. The van der Waals surface area contributed by atoms with Crippen LogP contribution in [0.1, 0.15) is 28.8 Å². The molecule has 1 saturated carbocycles. The van der Waals surface area contributed by atoms with Crippen molar-refractivity contribution >= 4 is 5.91 Å². The zero-order chi connectivity index (χ0) is 19.8. The van der Waals surface area contributed by atoms with E-state index >= 15 is 0 Å². The minimum absolute atomic E-state index is 0.000920. The highest BCUT2D eigenvalue weighted by Crippen LogP contribution is 2.41. The predicted molar refractivity (Wildman–Crippen MR) is 111 cm³/mol. The number of carbonyl (C=O) groups is 1. The maximum atomic E-state index is 13.5. The number of aryl methyl sites for hydroxylation is 1. The molecule has 5 rings (SSSR count). The smallest absolute Gasteiger partial charge is 0.254 e. The van der Waals surface area contributed by atoms with E-state index < -0.39 is 0 Å². The second-order valence-corrected chi connectivity index (χ2v) is 7.97. The molecule has 2 fully saturated rings. The van der Waals surface area contributed by atoms with Gasteiger partial charge < -0.3 is 9.64 Å². The summed E-state index contributed by atoms with van der Waals surface area (Å²) in [4.78, 5) is 24.0. The second-order valence-electron chi connectivity index (χ2n) is 7.97. The molecule has 1 aliphatic carbocycles. The van der Waals surface area contributed by atoms with Crippen molar-refractivity contribution in [2.24, 2.45) is 5.92 Å². The fraction of sp³-hybridized carbons (Fsp3) is 0.292. The van der Waals surface area contributed by atoms with Gasteiger partial charge in [-0.25, -0.2) is 4.98 Å². The zero-order valence-electron chi connectivity index (χ0n) is 16.4. The van der Waals surface area contributed by atoms with Crippen molar-refractivity contribution in [3.63, 3.8) is 0 Å². The van der Waals surface area contributed by atoms with E-state index in [9.17, 15) is 4.79 Å². The molecule has 5 nitrogen and oxygen atoms in total. The average Bonchev–Trinajstić information content (AvgIpc) is 3.36. The third-order valence-corrected chi connectivity index (χ3v) is 5.99. The number of aromatic nitrogens is 2. The summed E-state index contributed by atoms with van der Waals surface area (Å²) in [6.45, 7) is 2.81. The predicted octanol–water partition coefficient (Wildman–Crippen LogP) is 4.13. The highest BCUT2D eigenvalue weighted by Gasteiger charge is 2.48. The van der Waals surface area contributed by atoms with E-state index in [0.717, 1.165) is 41.6 Å². The first-order valence-corrected chi connectivity index (χ1v) is 10.1. The summed E-state index contributed by atoms with van der Waals surface area (Å²) in [6.07, 6.45) is 7.31. The number of hydrogen-bond donors (Lipinski definition) is 0. The quantitative estimate of drug-likeness (QED) is 0.677. The van der Waals surface area contributed by atoms with E-state index in [2.05, 4.69) is 9.97 Å². The lowest BCUT2D eigenvalue weighted by molar-refractivity contribution is 0.0467. The van der Waals surface area contributed by atoms with E-state index in [1.54, 1.807) is 12.4 Å². The van der Waals surface area contributed by atoms with Crippen LogP contribution < -0.4 is 4.74 Å². The molecular formula is C24H23N3O2. The largest absolute Gasteiger partial charge is 0.472 e. The van der Waals surface area contributed by atoms with Gasteiger partial charge in [0.15, 0.2) is 0 Å². The number of amides is 1. The van der Waals surface area contributed by atoms with Crippen LogP contribution in [0.4, 0.5) is 0 Å². The highest BCUT2D eigenvalue weighted by atomic mass is 16.5. The number of rotatable bonds is 4. The summed E-state index contributed by atoms with van der Waals surface area (Å²) in [5.41, 5.74) is 3.79. The van der Waals surface area contributed by atoms with Gasteiger partial charge >= 0.3 is 0 Å². The number of pyridine rings is 2. The molecule has 0 spiro atoms. The maximum Gasteiger partial charge on any atom is 0.254 e. The summed E-state index contributed by atoms with van der Waals surface area (Å²) in [5, 5.41) is 0. The van der Waals surface area contributed by atoms with Gasteiger partial charge in [0.1, 0.15) is 6.10 Å². The Kier molecular flexibility index (Phi) is 4.51. The maximum absolute atomic E-state index is 13.5. The SMILES string of the molecule is Cc1ccc(OC2CC3CC2N(C(=O)c2ccccc2-c2ccncc2)C3)nc1. The summed E-state index contributed by atoms with van der Waals surface area (Å²) >= 11 is 0. The van der Waals surface area contributed by atoms with E-state index in [0.29, 0.717) is 11.8 Å². The molecule has 1 amide bonds. The van der Waals surface area contributed by atoms with Crippen molar-refractivity contribution in [1.29, 1.82) is 0 Å². The van der Waals surface area contributed by atoms with E-state index in [1.165, 1.54) is 0 Å². The Morgan fingerprint density at radius 3 is 2.66 bits per heavy atom. The normalized spacial score (nSPS) is 22.7. The number of hydrogen-bond acceptors (Lipinski definition) is 4. The number of ether oxygens (including phenoxy) is 1. The Morgan fingerprint density at radius 1 is 1.07 bits per heavy atom. The van der Waals surface area contributed by atoms with Gasteiger partial charge in [0.05, 0.1) is 6.04 Å².